The summed E-state index contributed by atoms with van der Waals surface area (Å²) in [6.07, 6.45) is 0. The minimum Gasteiger partial charge on any atom is 0 e. The molecular formula is H4AlCrMoSnV. The maximum absolute atomic E-state index is 0. The Morgan fingerprint density at radius 3 is 1.00 bits per heavy atom. The Bertz CT molecular complexity index is 11.6. The van der Waals surface area contributed by atoms with E-state index in [1.54, 1.807) is 0 Å². The fourth-order valence-electron chi connectivity index (χ4n) is 0. The second-order valence-electron chi connectivity index (χ2n) is 0. The summed E-state index contributed by atoms with van der Waals surface area (Å²) >= 11 is 0. The van der Waals surface area contributed by atoms with Gasteiger partial charge in [0.25, 0.3) is 0 Å². The van der Waals surface area contributed by atoms with Gasteiger partial charge in [0.2, 0.25) is 0 Å². The molecule has 0 unspecified atom stereocenters. The van der Waals surface area contributed by atoms with E-state index in [-0.39, 0.29) is 98.3 Å². The Hall–Kier alpha value is 3.14. The van der Waals surface area contributed by atoms with Crippen LogP contribution in [0.3, 0.4) is 0 Å². The van der Waals surface area contributed by atoms with Crippen molar-refractivity contribution in [2.45, 2.75) is 0 Å². The van der Waals surface area contributed by atoms with Crippen molar-refractivity contribution in [3.05, 3.63) is 0 Å². The summed E-state index contributed by atoms with van der Waals surface area (Å²) in [6.45, 7) is 0. The molecule has 0 rings (SSSR count). The maximum atomic E-state index is 0. The van der Waals surface area contributed by atoms with Crippen LogP contribution in [0.25, 0.3) is 0 Å². The Morgan fingerprint density at radius 1 is 1.00 bits per heavy atom. The van der Waals surface area contributed by atoms with Gasteiger partial charge in [0.15, 0.2) is 17.4 Å². The van der Waals surface area contributed by atoms with Crippen molar-refractivity contribution in [2.24, 2.45) is 0 Å². The standard InChI is InChI=1S/Al.Cr.Mo.Sn.V.4H. The third-order valence-corrected chi connectivity index (χ3v) is 0. The Kier molecular flexibility index (Phi) is 230. The molecule has 4 radical (unpaired) electrons. The summed E-state index contributed by atoms with van der Waals surface area (Å²) in [7, 11) is 0. The number of rotatable bonds is 0. The predicted octanol–water partition coefficient (Wildman–Crippen LogP) is -1.84. The molecule has 0 aliphatic heterocycles. The fraction of sp³-hybridized carbons (Fsp3) is 0. The average molecular weight is 349 g/mol. The van der Waals surface area contributed by atoms with Crippen molar-refractivity contribution in [2.75, 3.05) is 0 Å². The van der Waals surface area contributed by atoms with E-state index in [2.05, 4.69) is 0 Å². The van der Waals surface area contributed by atoms with Gasteiger partial charge < -0.3 is 0 Å². The summed E-state index contributed by atoms with van der Waals surface area (Å²) in [4.78, 5) is 0. The molecule has 0 aromatic carbocycles. The molecule has 0 nitrogen and oxygen atoms in total. The van der Waals surface area contributed by atoms with E-state index >= 15 is 0 Å². The van der Waals surface area contributed by atoms with Gasteiger partial charge in [-0.2, -0.15) is 0 Å². The molecule has 0 saturated heterocycles. The van der Waals surface area contributed by atoms with Crippen molar-refractivity contribution in [3.63, 3.8) is 0 Å². The molecule has 5 heavy (non-hydrogen) atoms. The monoisotopic (exact) mass is 352 g/mol. The van der Waals surface area contributed by atoms with Crippen LogP contribution in [0.2, 0.25) is 0 Å². The molecule has 0 amide bonds. The molecule has 0 saturated carbocycles. The molecule has 0 N–H and O–H groups in total. The first-order valence-electron chi connectivity index (χ1n) is 0. The molecule has 5 heteroatoms. The molecular weight excluding hydrogens is 345 g/mol. The Balaban J connectivity index is 0. The molecule has 0 aliphatic rings. The van der Waals surface area contributed by atoms with Crippen LogP contribution < -0.4 is 0 Å². The normalized spacial score (nSPS) is 0. The first-order chi connectivity index (χ1) is 0. The second kappa shape index (κ2) is 27.3. The van der Waals surface area contributed by atoms with Crippen LogP contribution in [-0.2, 0) is 57.0 Å². The quantitative estimate of drug-likeness (QED) is 0.452. The summed E-state index contributed by atoms with van der Waals surface area (Å²) in [6, 6.07) is 0. The van der Waals surface area contributed by atoms with Gasteiger partial charge in [0, 0.05) is 57.0 Å². The Morgan fingerprint density at radius 2 is 1.00 bits per heavy atom. The van der Waals surface area contributed by atoms with Gasteiger partial charge in [0.1, 0.15) is 0 Å². The van der Waals surface area contributed by atoms with Gasteiger partial charge in [-0.15, -0.1) is 0 Å². The third kappa shape index (κ3) is 19.1. The minimum absolute atomic E-state index is 0. The summed E-state index contributed by atoms with van der Waals surface area (Å²) in [5.41, 5.74) is 0. The van der Waals surface area contributed by atoms with Crippen LogP contribution in [0.15, 0.2) is 0 Å². The van der Waals surface area contributed by atoms with E-state index in [4.69, 9.17) is 0 Å². The van der Waals surface area contributed by atoms with Gasteiger partial charge in [0.05, 0.1) is 0 Å². The maximum Gasteiger partial charge on any atom is 0 e. The van der Waals surface area contributed by atoms with Crippen LogP contribution in [0.5, 0.6) is 0 Å². The average Bonchev–Trinajstić information content (AvgIpc) is 0. The van der Waals surface area contributed by atoms with Gasteiger partial charge >= 0.3 is 23.9 Å². The summed E-state index contributed by atoms with van der Waals surface area (Å²) < 4.78 is 0. The molecule has 0 aromatic heterocycles. The van der Waals surface area contributed by atoms with E-state index in [1.807, 2.05) is 0 Å². The topological polar surface area (TPSA) is 0 Å². The molecule has 0 fully saturated rings. The second-order valence-corrected chi connectivity index (χ2v) is 0. The minimum atomic E-state index is 0. The molecule has 0 heterocycles. The summed E-state index contributed by atoms with van der Waals surface area (Å²) in [5.74, 6) is 0. The first kappa shape index (κ1) is 42.1. The van der Waals surface area contributed by atoms with E-state index in [0.717, 1.165) is 0 Å². The number of hydrogen-bond acceptors (Lipinski definition) is 0. The van der Waals surface area contributed by atoms with Crippen molar-refractivity contribution in [1.82, 2.24) is 0 Å². The van der Waals surface area contributed by atoms with E-state index in [9.17, 15) is 0 Å². The van der Waals surface area contributed by atoms with Crippen LogP contribution >= 0.6 is 0 Å². The molecule has 0 aromatic rings. The molecule has 28 valence electrons. The van der Waals surface area contributed by atoms with E-state index in [1.165, 1.54) is 0 Å². The predicted molar refractivity (Wildman–Crippen MR) is 17.1 cm³/mol. The molecule has 0 spiro atoms. The summed E-state index contributed by atoms with van der Waals surface area (Å²) in [5, 5.41) is 0. The van der Waals surface area contributed by atoms with Crippen LogP contribution in [0.4, 0.5) is 0 Å². The third-order valence-electron chi connectivity index (χ3n) is 0. The molecule has 0 aliphatic carbocycles. The van der Waals surface area contributed by atoms with Crippen molar-refractivity contribution < 1.29 is 57.0 Å². The zero-order valence-corrected chi connectivity index (χ0v) is 9.82. The Labute approximate surface area is 96.6 Å². The van der Waals surface area contributed by atoms with Crippen LogP contribution in [-0.4, -0.2) is 41.3 Å². The van der Waals surface area contributed by atoms with E-state index < -0.39 is 0 Å². The number of hydrogen-bond donors (Lipinski definition) is 0. The van der Waals surface area contributed by atoms with Crippen molar-refractivity contribution >= 4 is 41.3 Å². The molecule has 0 bridgehead atoms. The van der Waals surface area contributed by atoms with Crippen LogP contribution in [0.1, 0.15) is 0 Å². The van der Waals surface area contributed by atoms with E-state index in [0.29, 0.717) is 0 Å². The largest absolute Gasteiger partial charge is 0 e. The zero-order valence-electron chi connectivity index (χ0n) is 1.84. The van der Waals surface area contributed by atoms with Gasteiger partial charge in [-0.05, 0) is 0 Å². The van der Waals surface area contributed by atoms with Crippen LogP contribution in [0, 0.1) is 0 Å². The SMILES string of the molecule is [AlH3].[Cr].[Mo].[SnH].[V]. The molecule has 0 atom stereocenters. The van der Waals surface area contributed by atoms with Crippen molar-refractivity contribution in [1.29, 1.82) is 0 Å². The van der Waals surface area contributed by atoms with Gasteiger partial charge in [-0.25, -0.2) is 0 Å². The zero-order chi connectivity index (χ0) is 0. The first-order valence-corrected chi connectivity index (χ1v) is 0. The fourth-order valence-corrected chi connectivity index (χ4v) is 0. The van der Waals surface area contributed by atoms with Gasteiger partial charge in [-0.1, -0.05) is 0 Å². The van der Waals surface area contributed by atoms with Gasteiger partial charge in [-0.3, -0.25) is 0 Å². The smallest absolute Gasteiger partial charge is 0 e. The van der Waals surface area contributed by atoms with Crippen molar-refractivity contribution in [3.8, 4) is 0 Å².